The Morgan fingerprint density at radius 1 is 1.33 bits per heavy atom. The molecular formula is C11H21N. The number of hydrogen-bond donors (Lipinski definition) is 1. The molecule has 0 radical (unpaired) electrons. The maximum absolute atomic E-state index is 5.19. The largest absolute Gasteiger partial charge is 0.319 e. The van der Waals surface area contributed by atoms with Crippen molar-refractivity contribution >= 4 is 0 Å². The lowest BCUT2D eigenvalue weighted by Crippen LogP contribution is -2.21. The Kier molecular flexibility index (Phi) is 6.90. The molecule has 0 heterocycles. The van der Waals surface area contributed by atoms with Crippen molar-refractivity contribution in [1.29, 1.82) is 0 Å². The molecule has 0 saturated carbocycles. The summed E-state index contributed by atoms with van der Waals surface area (Å²) in [5, 5.41) is 3.20. The Morgan fingerprint density at radius 3 is 2.50 bits per heavy atom. The molecule has 12 heavy (non-hydrogen) atoms. The van der Waals surface area contributed by atoms with Crippen LogP contribution in [0, 0.1) is 24.2 Å². The van der Waals surface area contributed by atoms with Gasteiger partial charge in [-0.15, -0.1) is 12.3 Å². The molecule has 1 nitrogen and oxygen atoms in total. The first-order valence-corrected chi connectivity index (χ1v) is 4.80. The van der Waals surface area contributed by atoms with Crippen LogP contribution >= 0.6 is 0 Å². The summed E-state index contributed by atoms with van der Waals surface area (Å²) in [6.45, 7) is 5.70. The fourth-order valence-electron chi connectivity index (χ4n) is 1.33. The van der Waals surface area contributed by atoms with Crippen LogP contribution in [0.2, 0.25) is 0 Å². The molecule has 0 spiro atoms. The molecule has 0 aromatic rings. The molecule has 0 aliphatic carbocycles. The minimum absolute atomic E-state index is 0.757. The van der Waals surface area contributed by atoms with Gasteiger partial charge in [0.2, 0.25) is 0 Å². The maximum atomic E-state index is 5.19. The summed E-state index contributed by atoms with van der Waals surface area (Å²) >= 11 is 0. The highest BCUT2D eigenvalue weighted by Crippen LogP contribution is 2.16. The van der Waals surface area contributed by atoms with Gasteiger partial charge in [-0.3, -0.25) is 0 Å². The number of nitrogens with one attached hydrogen (secondary N) is 1. The van der Waals surface area contributed by atoms with E-state index in [4.69, 9.17) is 6.42 Å². The van der Waals surface area contributed by atoms with Crippen LogP contribution in [0.4, 0.5) is 0 Å². The first-order valence-electron chi connectivity index (χ1n) is 4.80. The lowest BCUT2D eigenvalue weighted by molar-refractivity contribution is 0.349. The minimum atomic E-state index is 0.757. The Morgan fingerprint density at radius 2 is 2.00 bits per heavy atom. The van der Waals surface area contributed by atoms with Crippen LogP contribution in [-0.4, -0.2) is 13.6 Å². The average Bonchev–Trinajstić information content (AvgIpc) is 2.05. The van der Waals surface area contributed by atoms with E-state index < -0.39 is 0 Å². The third kappa shape index (κ3) is 5.21. The van der Waals surface area contributed by atoms with E-state index >= 15 is 0 Å². The fraction of sp³-hybridized carbons (Fsp3) is 0.818. The molecule has 0 aromatic heterocycles. The summed E-state index contributed by atoms with van der Waals surface area (Å²) < 4.78 is 0. The van der Waals surface area contributed by atoms with Gasteiger partial charge in [0.1, 0.15) is 0 Å². The monoisotopic (exact) mass is 167 g/mol. The van der Waals surface area contributed by atoms with E-state index in [1.165, 1.54) is 12.8 Å². The third-order valence-corrected chi connectivity index (χ3v) is 2.48. The van der Waals surface area contributed by atoms with E-state index in [2.05, 4.69) is 25.1 Å². The second-order valence-electron chi connectivity index (χ2n) is 3.61. The van der Waals surface area contributed by atoms with Crippen molar-refractivity contribution in [2.75, 3.05) is 13.6 Å². The molecule has 0 fully saturated rings. The second kappa shape index (κ2) is 7.18. The SMILES string of the molecule is C#CCCCC(C)C(C)CNC. The standard InChI is InChI=1S/C11H21N/c1-5-6-7-8-10(2)11(3)9-12-4/h1,10-12H,6-9H2,2-4H3. The van der Waals surface area contributed by atoms with Gasteiger partial charge in [-0.2, -0.15) is 0 Å². The predicted molar refractivity (Wildman–Crippen MR) is 54.9 cm³/mol. The Balaban J connectivity index is 3.43. The van der Waals surface area contributed by atoms with Crippen LogP contribution in [0.3, 0.4) is 0 Å². The lowest BCUT2D eigenvalue weighted by Gasteiger charge is -2.18. The van der Waals surface area contributed by atoms with E-state index in [9.17, 15) is 0 Å². The first kappa shape index (κ1) is 11.5. The van der Waals surface area contributed by atoms with Crippen LogP contribution in [0.1, 0.15) is 33.1 Å². The Bertz CT molecular complexity index is 134. The van der Waals surface area contributed by atoms with Crippen molar-refractivity contribution in [3.05, 3.63) is 0 Å². The zero-order chi connectivity index (χ0) is 9.40. The van der Waals surface area contributed by atoms with Crippen LogP contribution in [0.15, 0.2) is 0 Å². The summed E-state index contributed by atoms with van der Waals surface area (Å²) in [5.41, 5.74) is 0. The smallest absolute Gasteiger partial charge is 0.00861 e. The molecular weight excluding hydrogens is 146 g/mol. The summed E-state index contributed by atoms with van der Waals surface area (Å²) in [5.74, 6) is 4.22. The number of unbranched alkanes of at least 4 members (excludes halogenated alkanes) is 1. The third-order valence-electron chi connectivity index (χ3n) is 2.48. The van der Waals surface area contributed by atoms with E-state index in [1.807, 2.05) is 7.05 Å². The van der Waals surface area contributed by atoms with Gasteiger partial charge >= 0.3 is 0 Å². The van der Waals surface area contributed by atoms with Crippen molar-refractivity contribution in [2.45, 2.75) is 33.1 Å². The van der Waals surface area contributed by atoms with Gasteiger partial charge in [-0.1, -0.05) is 13.8 Å². The summed E-state index contributed by atoms with van der Waals surface area (Å²) in [6, 6.07) is 0. The van der Waals surface area contributed by atoms with Crippen LogP contribution in [0.5, 0.6) is 0 Å². The van der Waals surface area contributed by atoms with Crippen molar-refractivity contribution in [3.63, 3.8) is 0 Å². The van der Waals surface area contributed by atoms with Crippen LogP contribution < -0.4 is 5.32 Å². The number of hydrogen-bond acceptors (Lipinski definition) is 1. The summed E-state index contributed by atoms with van der Waals surface area (Å²) in [6.07, 6.45) is 8.54. The van der Waals surface area contributed by atoms with Gasteiger partial charge in [-0.05, 0) is 38.3 Å². The molecule has 0 amide bonds. The molecule has 2 atom stereocenters. The molecule has 0 aliphatic rings. The van der Waals surface area contributed by atoms with Gasteiger partial charge in [0, 0.05) is 6.42 Å². The topological polar surface area (TPSA) is 12.0 Å². The average molecular weight is 167 g/mol. The normalized spacial score (nSPS) is 15.2. The van der Waals surface area contributed by atoms with Gasteiger partial charge in [0.05, 0.1) is 0 Å². The Hall–Kier alpha value is -0.480. The summed E-state index contributed by atoms with van der Waals surface area (Å²) in [7, 11) is 2.00. The zero-order valence-electron chi connectivity index (χ0n) is 8.56. The van der Waals surface area contributed by atoms with Gasteiger partial charge in [0.25, 0.3) is 0 Å². The highest BCUT2D eigenvalue weighted by Gasteiger charge is 2.09. The molecule has 0 saturated heterocycles. The van der Waals surface area contributed by atoms with E-state index in [1.54, 1.807) is 0 Å². The van der Waals surface area contributed by atoms with Gasteiger partial charge < -0.3 is 5.32 Å². The molecule has 70 valence electrons. The van der Waals surface area contributed by atoms with Crippen molar-refractivity contribution in [2.24, 2.45) is 11.8 Å². The van der Waals surface area contributed by atoms with E-state index in [0.717, 1.165) is 24.8 Å². The lowest BCUT2D eigenvalue weighted by atomic mass is 9.91. The number of rotatable bonds is 6. The van der Waals surface area contributed by atoms with Crippen LogP contribution in [-0.2, 0) is 0 Å². The Labute approximate surface area is 76.9 Å². The minimum Gasteiger partial charge on any atom is -0.319 e. The predicted octanol–water partition coefficient (Wildman–Crippen LogP) is 2.28. The summed E-state index contributed by atoms with van der Waals surface area (Å²) in [4.78, 5) is 0. The second-order valence-corrected chi connectivity index (χ2v) is 3.61. The molecule has 2 unspecified atom stereocenters. The van der Waals surface area contributed by atoms with Crippen molar-refractivity contribution < 1.29 is 0 Å². The molecule has 0 aromatic carbocycles. The van der Waals surface area contributed by atoms with Gasteiger partial charge in [-0.25, -0.2) is 0 Å². The highest BCUT2D eigenvalue weighted by molar-refractivity contribution is 4.83. The van der Waals surface area contributed by atoms with Gasteiger partial charge in [0.15, 0.2) is 0 Å². The van der Waals surface area contributed by atoms with E-state index in [-0.39, 0.29) is 0 Å². The molecule has 0 bridgehead atoms. The van der Waals surface area contributed by atoms with E-state index in [0.29, 0.717) is 0 Å². The molecule has 0 aliphatic heterocycles. The van der Waals surface area contributed by atoms with Crippen molar-refractivity contribution in [3.8, 4) is 12.3 Å². The first-order chi connectivity index (χ1) is 5.72. The quantitative estimate of drug-likeness (QED) is 0.473. The van der Waals surface area contributed by atoms with Crippen molar-refractivity contribution in [1.82, 2.24) is 5.32 Å². The molecule has 0 rings (SSSR count). The highest BCUT2D eigenvalue weighted by atomic mass is 14.8. The fourth-order valence-corrected chi connectivity index (χ4v) is 1.33. The van der Waals surface area contributed by atoms with Crippen LogP contribution in [0.25, 0.3) is 0 Å². The number of terminal acetylenes is 1. The molecule has 1 heteroatoms. The zero-order valence-corrected chi connectivity index (χ0v) is 8.56. The maximum Gasteiger partial charge on any atom is 0.00861 e. The molecule has 1 N–H and O–H groups in total.